The Hall–Kier alpha value is -1.85. The van der Waals surface area contributed by atoms with Crippen LogP contribution in [0.1, 0.15) is 0 Å². The highest BCUT2D eigenvalue weighted by atomic mass is 16.5. The molecule has 0 amide bonds. The van der Waals surface area contributed by atoms with Crippen LogP contribution < -0.4 is 0 Å². The van der Waals surface area contributed by atoms with Gasteiger partial charge in [-0.1, -0.05) is 0 Å². The standard InChI is InChI=1S/C6H4O6/c7-3-2(5(8)9)1-12-4(3)6(10)11/h1,4H,(H,8,9)(H,10,11). The summed E-state index contributed by atoms with van der Waals surface area (Å²) < 4.78 is 4.31. The minimum Gasteiger partial charge on any atom is -0.478 e. The zero-order valence-electron chi connectivity index (χ0n) is 5.68. The highest BCUT2D eigenvalue weighted by molar-refractivity contribution is 6.24. The number of carbonyl (C=O) groups is 3. The number of carboxylic acid groups (broad SMARTS) is 2. The Labute approximate surface area is 66.1 Å². The minimum absolute atomic E-state index is 0.637. The van der Waals surface area contributed by atoms with Gasteiger partial charge in [0.05, 0.1) is 0 Å². The second-order valence-electron chi connectivity index (χ2n) is 2.06. The molecule has 0 radical (unpaired) electrons. The molecule has 1 rings (SSSR count). The van der Waals surface area contributed by atoms with Gasteiger partial charge < -0.3 is 14.9 Å². The van der Waals surface area contributed by atoms with Gasteiger partial charge in [-0.3, -0.25) is 4.79 Å². The highest BCUT2D eigenvalue weighted by Gasteiger charge is 2.38. The lowest BCUT2D eigenvalue weighted by Crippen LogP contribution is -2.29. The summed E-state index contributed by atoms with van der Waals surface area (Å²) in [5.41, 5.74) is -0.637. The predicted octanol–water partition coefficient (Wildman–Crippen LogP) is -0.993. The number of hydrogen-bond donors (Lipinski definition) is 2. The average Bonchev–Trinajstić information content (AvgIpc) is 2.30. The van der Waals surface area contributed by atoms with Crippen LogP contribution in [0.3, 0.4) is 0 Å². The Morgan fingerprint density at radius 3 is 2.25 bits per heavy atom. The molecule has 0 saturated carbocycles. The lowest BCUT2D eigenvalue weighted by molar-refractivity contribution is -0.149. The van der Waals surface area contributed by atoms with Crippen molar-refractivity contribution in [1.29, 1.82) is 0 Å². The lowest BCUT2D eigenvalue weighted by Gasteiger charge is -2.00. The minimum atomic E-state index is -1.70. The molecule has 0 bridgehead atoms. The van der Waals surface area contributed by atoms with Crippen LogP contribution in [0.2, 0.25) is 0 Å². The number of aliphatic carboxylic acids is 2. The van der Waals surface area contributed by atoms with Crippen LogP contribution in [-0.4, -0.2) is 34.0 Å². The van der Waals surface area contributed by atoms with Gasteiger partial charge in [-0.2, -0.15) is 0 Å². The maximum atomic E-state index is 10.8. The molecule has 0 aromatic heterocycles. The van der Waals surface area contributed by atoms with E-state index < -0.39 is 29.4 Å². The molecule has 0 aromatic carbocycles. The Morgan fingerprint density at radius 2 is 2.00 bits per heavy atom. The molecule has 1 atom stereocenters. The predicted molar refractivity (Wildman–Crippen MR) is 33.2 cm³/mol. The van der Waals surface area contributed by atoms with Crippen molar-refractivity contribution in [3.8, 4) is 0 Å². The molecule has 1 aliphatic heterocycles. The van der Waals surface area contributed by atoms with E-state index in [0.717, 1.165) is 0 Å². The van der Waals surface area contributed by atoms with Gasteiger partial charge in [-0.25, -0.2) is 9.59 Å². The van der Waals surface area contributed by atoms with E-state index in [9.17, 15) is 14.4 Å². The van der Waals surface area contributed by atoms with Crippen LogP contribution in [0.15, 0.2) is 11.8 Å². The van der Waals surface area contributed by atoms with Crippen molar-refractivity contribution >= 4 is 17.7 Å². The third-order valence-electron chi connectivity index (χ3n) is 1.28. The first-order valence-corrected chi connectivity index (χ1v) is 2.90. The van der Waals surface area contributed by atoms with Crippen molar-refractivity contribution in [2.45, 2.75) is 6.10 Å². The zero-order chi connectivity index (χ0) is 9.30. The zero-order valence-corrected chi connectivity index (χ0v) is 5.68. The lowest BCUT2D eigenvalue weighted by atomic mass is 10.1. The SMILES string of the molecule is O=C(O)C1=COC(C(=O)O)C1=O. The molecule has 12 heavy (non-hydrogen) atoms. The molecule has 1 aliphatic rings. The molecule has 6 nitrogen and oxygen atoms in total. The first-order valence-electron chi connectivity index (χ1n) is 2.90. The number of Topliss-reactive ketones (excluding diaryl/α,β-unsaturated/α-hetero) is 1. The number of ketones is 1. The first-order chi connectivity index (χ1) is 5.54. The molecule has 2 N–H and O–H groups in total. The Kier molecular flexibility index (Phi) is 1.82. The van der Waals surface area contributed by atoms with E-state index in [1.807, 2.05) is 0 Å². The topological polar surface area (TPSA) is 101 Å². The van der Waals surface area contributed by atoms with Crippen LogP contribution in [0.25, 0.3) is 0 Å². The second kappa shape index (κ2) is 2.65. The van der Waals surface area contributed by atoms with Crippen LogP contribution in [0, 0.1) is 0 Å². The smallest absolute Gasteiger partial charge is 0.353 e. The van der Waals surface area contributed by atoms with E-state index in [0.29, 0.717) is 6.26 Å². The highest BCUT2D eigenvalue weighted by Crippen LogP contribution is 2.13. The first kappa shape index (κ1) is 8.25. The van der Waals surface area contributed by atoms with E-state index in [2.05, 4.69) is 4.74 Å². The van der Waals surface area contributed by atoms with Crippen molar-refractivity contribution in [2.75, 3.05) is 0 Å². The summed E-state index contributed by atoms with van der Waals surface area (Å²) in [5, 5.41) is 16.6. The number of ether oxygens (including phenoxy) is 1. The second-order valence-corrected chi connectivity index (χ2v) is 2.06. The Bertz CT molecular complexity index is 288. The third-order valence-corrected chi connectivity index (χ3v) is 1.28. The van der Waals surface area contributed by atoms with E-state index in [1.165, 1.54) is 0 Å². The molecule has 6 heteroatoms. The molecule has 1 heterocycles. The number of carboxylic acids is 2. The van der Waals surface area contributed by atoms with Crippen molar-refractivity contribution in [2.24, 2.45) is 0 Å². The van der Waals surface area contributed by atoms with Gasteiger partial charge in [-0.05, 0) is 0 Å². The summed E-state index contributed by atoms with van der Waals surface area (Å²) in [5.74, 6) is -4.01. The summed E-state index contributed by atoms with van der Waals surface area (Å²) in [6.45, 7) is 0. The van der Waals surface area contributed by atoms with Gasteiger partial charge in [0.2, 0.25) is 5.78 Å². The van der Waals surface area contributed by atoms with Crippen molar-refractivity contribution in [3.05, 3.63) is 11.8 Å². The quantitative estimate of drug-likeness (QED) is 0.409. The summed E-state index contributed by atoms with van der Waals surface area (Å²) in [4.78, 5) is 31.3. The van der Waals surface area contributed by atoms with Crippen molar-refractivity contribution in [1.82, 2.24) is 0 Å². The molecule has 0 aromatic rings. The summed E-state index contributed by atoms with van der Waals surface area (Å²) >= 11 is 0. The van der Waals surface area contributed by atoms with Crippen molar-refractivity contribution < 1.29 is 29.3 Å². The largest absolute Gasteiger partial charge is 0.478 e. The van der Waals surface area contributed by atoms with Gasteiger partial charge in [0.15, 0.2) is 0 Å². The monoisotopic (exact) mass is 172 g/mol. The van der Waals surface area contributed by atoms with Crippen LogP contribution in [0.4, 0.5) is 0 Å². The van der Waals surface area contributed by atoms with E-state index in [4.69, 9.17) is 10.2 Å². The fourth-order valence-corrected chi connectivity index (χ4v) is 0.723. The third kappa shape index (κ3) is 1.14. The van der Waals surface area contributed by atoms with Crippen LogP contribution >= 0.6 is 0 Å². The molecule has 64 valence electrons. The van der Waals surface area contributed by atoms with Crippen molar-refractivity contribution in [3.63, 3.8) is 0 Å². The molecule has 0 fully saturated rings. The van der Waals surface area contributed by atoms with Gasteiger partial charge in [0.25, 0.3) is 6.10 Å². The number of rotatable bonds is 2. The Balaban J connectivity index is 2.83. The van der Waals surface area contributed by atoms with Gasteiger partial charge in [-0.15, -0.1) is 0 Å². The maximum absolute atomic E-state index is 10.8. The number of carbonyl (C=O) groups excluding carboxylic acids is 1. The molecule has 0 saturated heterocycles. The van der Waals surface area contributed by atoms with E-state index in [1.54, 1.807) is 0 Å². The van der Waals surface area contributed by atoms with E-state index in [-0.39, 0.29) is 0 Å². The van der Waals surface area contributed by atoms with Gasteiger partial charge in [0.1, 0.15) is 11.8 Å². The summed E-state index contributed by atoms with van der Waals surface area (Å²) in [6.07, 6.45) is -1.06. The average molecular weight is 172 g/mol. The number of hydrogen-bond acceptors (Lipinski definition) is 4. The van der Waals surface area contributed by atoms with Gasteiger partial charge >= 0.3 is 11.9 Å². The fourth-order valence-electron chi connectivity index (χ4n) is 0.723. The van der Waals surface area contributed by atoms with Crippen LogP contribution in [-0.2, 0) is 19.1 Å². The van der Waals surface area contributed by atoms with Crippen LogP contribution in [0.5, 0.6) is 0 Å². The molecular weight excluding hydrogens is 168 g/mol. The van der Waals surface area contributed by atoms with E-state index >= 15 is 0 Å². The molecule has 0 spiro atoms. The van der Waals surface area contributed by atoms with Gasteiger partial charge in [0, 0.05) is 0 Å². The summed E-state index contributed by atoms with van der Waals surface area (Å²) in [7, 11) is 0. The normalized spacial score (nSPS) is 21.5. The summed E-state index contributed by atoms with van der Waals surface area (Å²) in [6, 6.07) is 0. The fraction of sp³-hybridized carbons (Fsp3) is 0.167. The maximum Gasteiger partial charge on any atom is 0.353 e. The Morgan fingerprint density at radius 1 is 1.42 bits per heavy atom. The molecular formula is C6H4O6. The molecule has 1 unspecified atom stereocenters. The molecule has 0 aliphatic carbocycles.